The van der Waals surface area contributed by atoms with Gasteiger partial charge in [0.15, 0.2) is 0 Å². The van der Waals surface area contributed by atoms with Crippen LogP contribution in [0, 0.1) is 0 Å². The summed E-state index contributed by atoms with van der Waals surface area (Å²) < 4.78 is 26.5. The van der Waals surface area contributed by atoms with Gasteiger partial charge in [-0.15, -0.1) is 0 Å². The van der Waals surface area contributed by atoms with Crippen LogP contribution in [0.2, 0.25) is 0 Å². The molecule has 0 spiro atoms. The predicted octanol–water partition coefficient (Wildman–Crippen LogP) is 1.87. The lowest BCUT2D eigenvalue weighted by atomic mass is 10.2. The Kier molecular flexibility index (Phi) is 4.36. The van der Waals surface area contributed by atoms with Crippen LogP contribution in [0.5, 0.6) is 0 Å². The largest absolute Gasteiger partial charge is 0.397 e. The van der Waals surface area contributed by atoms with Crippen molar-refractivity contribution in [2.45, 2.75) is 18.4 Å². The molecule has 0 bridgehead atoms. The molecular weight excluding hydrogens is 274 g/mol. The summed E-state index contributed by atoms with van der Waals surface area (Å²) in [6.07, 6.45) is 2.74. The van der Waals surface area contributed by atoms with E-state index in [9.17, 15) is 8.42 Å². The first-order valence-electron chi connectivity index (χ1n) is 6.28. The van der Waals surface area contributed by atoms with Crippen LogP contribution in [0.4, 0.5) is 5.69 Å². The van der Waals surface area contributed by atoms with Gasteiger partial charge in [0.25, 0.3) is 0 Å². The molecule has 2 aromatic rings. The Morgan fingerprint density at radius 3 is 2.50 bits per heavy atom. The van der Waals surface area contributed by atoms with Crippen LogP contribution < -0.4 is 5.73 Å². The molecule has 0 fully saturated rings. The topological polar surface area (TPSA) is 76.3 Å². The highest BCUT2D eigenvalue weighted by Crippen LogP contribution is 2.18. The third-order valence-corrected chi connectivity index (χ3v) is 4.81. The molecule has 5 nitrogen and oxygen atoms in total. The zero-order chi connectivity index (χ0) is 14.6. The van der Waals surface area contributed by atoms with Gasteiger partial charge in [0.1, 0.15) is 4.90 Å². The highest BCUT2D eigenvalue weighted by Gasteiger charge is 2.23. The van der Waals surface area contributed by atoms with E-state index in [0.29, 0.717) is 18.8 Å². The number of benzene rings is 1. The molecule has 0 amide bonds. The van der Waals surface area contributed by atoms with Crippen LogP contribution in [0.1, 0.15) is 12.5 Å². The van der Waals surface area contributed by atoms with E-state index in [-0.39, 0.29) is 4.90 Å². The van der Waals surface area contributed by atoms with Gasteiger partial charge in [-0.1, -0.05) is 37.3 Å². The minimum Gasteiger partial charge on any atom is -0.397 e. The molecule has 0 saturated carbocycles. The van der Waals surface area contributed by atoms with Crippen molar-refractivity contribution in [3.05, 3.63) is 54.4 Å². The molecule has 0 saturated heterocycles. The number of rotatable bonds is 5. The first kappa shape index (κ1) is 14.5. The number of hydrogen-bond acceptors (Lipinski definition) is 4. The summed E-state index contributed by atoms with van der Waals surface area (Å²) in [7, 11) is -3.58. The Morgan fingerprint density at radius 2 is 1.90 bits per heavy atom. The van der Waals surface area contributed by atoms with Gasteiger partial charge in [-0.3, -0.25) is 4.98 Å². The van der Waals surface area contributed by atoms with Crippen LogP contribution in [-0.2, 0) is 16.6 Å². The Hall–Kier alpha value is -1.92. The summed E-state index contributed by atoms with van der Waals surface area (Å²) in [5.41, 5.74) is 6.88. The zero-order valence-corrected chi connectivity index (χ0v) is 12.0. The third kappa shape index (κ3) is 3.15. The molecule has 20 heavy (non-hydrogen) atoms. The van der Waals surface area contributed by atoms with E-state index in [1.54, 1.807) is 6.92 Å². The molecule has 2 rings (SSSR count). The normalized spacial score (nSPS) is 11.7. The van der Waals surface area contributed by atoms with E-state index in [4.69, 9.17) is 5.73 Å². The van der Waals surface area contributed by atoms with Gasteiger partial charge in [0.2, 0.25) is 10.0 Å². The van der Waals surface area contributed by atoms with Crippen molar-refractivity contribution in [1.82, 2.24) is 9.29 Å². The molecule has 0 unspecified atom stereocenters. The number of anilines is 1. The van der Waals surface area contributed by atoms with Crippen molar-refractivity contribution in [1.29, 1.82) is 0 Å². The van der Waals surface area contributed by atoms with Gasteiger partial charge in [-0.25, -0.2) is 8.42 Å². The molecule has 2 N–H and O–H groups in total. The van der Waals surface area contributed by atoms with Crippen LogP contribution >= 0.6 is 0 Å². The second kappa shape index (κ2) is 6.02. The molecule has 106 valence electrons. The number of nitrogen functional groups attached to an aromatic ring is 1. The minimum absolute atomic E-state index is 0.121. The molecular formula is C14H17N3O2S. The second-order valence-corrected chi connectivity index (χ2v) is 6.31. The highest BCUT2D eigenvalue weighted by molar-refractivity contribution is 7.89. The van der Waals surface area contributed by atoms with Crippen LogP contribution in [0.15, 0.2) is 53.7 Å². The van der Waals surface area contributed by atoms with Crippen LogP contribution in [0.25, 0.3) is 0 Å². The van der Waals surface area contributed by atoms with Crippen molar-refractivity contribution in [2.24, 2.45) is 0 Å². The average Bonchev–Trinajstić information content (AvgIpc) is 2.45. The Balaban J connectivity index is 2.31. The maximum absolute atomic E-state index is 12.6. The number of nitrogens with two attached hydrogens (primary N) is 1. The van der Waals surface area contributed by atoms with Gasteiger partial charge in [0, 0.05) is 25.5 Å². The third-order valence-electron chi connectivity index (χ3n) is 2.93. The molecule has 1 aromatic carbocycles. The van der Waals surface area contributed by atoms with Crippen LogP contribution in [0.3, 0.4) is 0 Å². The quantitative estimate of drug-likeness (QED) is 0.912. The summed E-state index contributed by atoms with van der Waals surface area (Å²) in [5, 5.41) is 0. The fourth-order valence-corrected chi connectivity index (χ4v) is 3.32. The van der Waals surface area contributed by atoms with E-state index >= 15 is 0 Å². The minimum atomic E-state index is -3.58. The standard InChI is InChI=1S/C14H17N3O2S/c1-2-17(11-12-6-4-3-5-7-12)20(18,19)14-8-13(15)9-16-10-14/h3-10H,2,11,15H2,1H3. The van der Waals surface area contributed by atoms with Crippen molar-refractivity contribution >= 4 is 15.7 Å². The maximum Gasteiger partial charge on any atom is 0.244 e. The zero-order valence-electron chi connectivity index (χ0n) is 11.2. The number of nitrogens with zero attached hydrogens (tertiary/aromatic N) is 2. The van der Waals surface area contributed by atoms with Gasteiger partial charge in [0.05, 0.1) is 5.69 Å². The molecule has 0 aliphatic carbocycles. The summed E-state index contributed by atoms with van der Waals surface area (Å²) >= 11 is 0. The fourth-order valence-electron chi connectivity index (χ4n) is 1.88. The van der Waals surface area contributed by atoms with Gasteiger partial charge >= 0.3 is 0 Å². The predicted molar refractivity (Wildman–Crippen MR) is 78.4 cm³/mol. The SMILES string of the molecule is CCN(Cc1ccccc1)S(=O)(=O)c1cncc(N)c1. The van der Waals surface area contributed by atoms with Gasteiger partial charge < -0.3 is 5.73 Å². The van der Waals surface area contributed by atoms with E-state index in [0.717, 1.165) is 5.56 Å². The van der Waals surface area contributed by atoms with E-state index in [1.165, 1.54) is 22.8 Å². The summed E-state index contributed by atoms with van der Waals surface area (Å²) in [6, 6.07) is 10.9. The monoisotopic (exact) mass is 291 g/mol. The molecule has 0 radical (unpaired) electrons. The van der Waals surface area contributed by atoms with E-state index < -0.39 is 10.0 Å². The molecule has 0 atom stereocenters. The maximum atomic E-state index is 12.6. The summed E-state index contributed by atoms with van der Waals surface area (Å²) in [5.74, 6) is 0. The molecule has 1 aromatic heterocycles. The summed E-state index contributed by atoms with van der Waals surface area (Å²) in [4.78, 5) is 3.96. The lowest BCUT2D eigenvalue weighted by molar-refractivity contribution is 0.423. The van der Waals surface area contributed by atoms with Gasteiger partial charge in [-0.05, 0) is 11.6 Å². The lowest BCUT2D eigenvalue weighted by Crippen LogP contribution is -2.30. The van der Waals surface area contributed by atoms with E-state index in [1.807, 2.05) is 30.3 Å². The first-order chi connectivity index (χ1) is 9.54. The highest BCUT2D eigenvalue weighted by atomic mass is 32.2. The van der Waals surface area contributed by atoms with Crippen molar-refractivity contribution in [2.75, 3.05) is 12.3 Å². The molecule has 6 heteroatoms. The van der Waals surface area contributed by atoms with E-state index in [2.05, 4.69) is 4.98 Å². The Bertz CT molecular complexity index is 672. The molecule has 0 aliphatic heterocycles. The smallest absolute Gasteiger partial charge is 0.244 e. The molecule has 0 aliphatic rings. The number of pyridine rings is 1. The van der Waals surface area contributed by atoms with Gasteiger partial charge in [-0.2, -0.15) is 4.31 Å². The van der Waals surface area contributed by atoms with Crippen LogP contribution in [-0.4, -0.2) is 24.3 Å². The summed E-state index contributed by atoms with van der Waals surface area (Å²) in [6.45, 7) is 2.51. The number of hydrogen-bond donors (Lipinski definition) is 1. The Morgan fingerprint density at radius 1 is 1.20 bits per heavy atom. The number of aromatic nitrogens is 1. The van der Waals surface area contributed by atoms with Crippen molar-refractivity contribution in [3.63, 3.8) is 0 Å². The van der Waals surface area contributed by atoms with Crippen molar-refractivity contribution in [3.8, 4) is 0 Å². The number of sulfonamides is 1. The Labute approximate surface area is 119 Å². The first-order valence-corrected chi connectivity index (χ1v) is 7.72. The van der Waals surface area contributed by atoms with Crippen molar-refractivity contribution < 1.29 is 8.42 Å². The lowest BCUT2D eigenvalue weighted by Gasteiger charge is -2.20. The molecule has 1 heterocycles. The fraction of sp³-hybridized carbons (Fsp3) is 0.214. The second-order valence-electron chi connectivity index (χ2n) is 4.37. The average molecular weight is 291 g/mol.